The molecule has 0 spiro atoms. The zero-order valence-electron chi connectivity index (χ0n) is 19.8. The van der Waals surface area contributed by atoms with Gasteiger partial charge in [0, 0.05) is 28.2 Å². The summed E-state index contributed by atoms with van der Waals surface area (Å²) >= 11 is 0. The van der Waals surface area contributed by atoms with Crippen molar-refractivity contribution in [1.29, 1.82) is 0 Å². The maximum absolute atomic E-state index is 13.2. The Morgan fingerprint density at radius 1 is 0.800 bits per heavy atom. The largest absolute Gasteiger partial charge is 0.480 e. The molecular weight excluding hydrogens is 442 g/mol. The summed E-state index contributed by atoms with van der Waals surface area (Å²) in [6.45, 7) is 3.48. The van der Waals surface area contributed by atoms with E-state index in [-0.39, 0.29) is 24.8 Å². The van der Waals surface area contributed by atoms with Crippen LogP contribution in [0, 0.1) is 5.92 Å². The third-order valence-corrected chi connectivity index (χ3v) is 6.15. The number of nitrogens with one attached hydrogen (secondary N) is 2. The fourth-order valence-corrected chi connectivity index (χ4v) is 4.38. The Bertz CT molecular complexity index is 1310. The molecular formula is C28H29N3O4. The highest BCUT2D eigenvalue weighted by Crippen LogP contribution is 2.28. The van der Waals surface area contributed by atoms with Gasteiger partial charge in [0.1, 0.15) is 18.6 Å². The molecule has 4 aromatic rings. The van der Waals surface area contributed by atoms with E-state index in [2.05, 4.69) is 10.6 Å². The number of hydrogen-bond acceptors (Lipinski definition) is 3. The first-order valence-electron chi connectivity index (χ1n) is 11.7. The van der Waals surface area contributed by atoms with Gasteiger partial charge in [0.2, 0.25) is 11.8 Å². The lowest BCUT2D eigenvalue weighted by molar-refractivity contribution is -0.143. The van der Waals surface area contributed by atoms with Crippen LogP contribution in [0.3, 0.4) is 0 Å². The van der Waals surface area contributed by atoms with Crippen molar-refractivity contribution < 1.29 is 19.5 Å². The number of carboxylic acid groups (broad SMARTS) is 1. The summed E-state index contributed by atoms with van der Waals surface area (Å²) in [6, 6.07) is 23.1. The Labute approximate surface area is 203 Å². The predicted molar refractivity (Wildman–Crippen MR) is 136 cm³/mol. The molecule has 7 heteroatoms. The highest BCUT2D eigenvalue weighted by molar-refractivity contribution is 6.08. The summed E-state index contributed by atoms with van der Waals surface area (Å²) in [7, 11) is 0. The van der Waals surface area contributed by atoms with Crippen LogP contribution in [0.4, 0.5) is 0 Å². The van der Waals surface area contributed by atoms with Gasteiger partial charge in [0.25, 0.3) is 0 Å². The Morgan fingerprint density at radius 3 is 1.89 bits per heavy atom. The molecule has 2 atom stereocenters. The summed E-state index contributed by atoms with van der Waals surface area (Å²) in [5, 5.41) is 17.1. The molecule has 2 amide bonds. The molecule has 0 aliphatic carbocycles. The Morgan fingerprint density at radius 2 is 1.34 bits per heavy atom. The van der Waals surface area contributed by atoms with Gasteiger partial charge in [-0.2, -0.15) is 0 Å². The number of benzene rings is 3. The van der Waals surface area contributed by atoms with Crippen LogP contribution in [0.5, 0.6) is 0 Å². The number of para-hydroxylation sites is 2. The molecule has 180 valence electrons. The van der Waals surface area contributed by atoms with Gasteiger partial charge in [-0.3, -0.25) is 9.59 Å². The average molecular weight is 472 g/mol. The van der Waals surface area contributed by atoms with Crippen LogP contribution in [-0.4, -0.2) is 39.5 Å². The number of aromatic nitrogens is 1. The van der Waals surface area contributed by atoms with Crippen molar-refractivity contribution in [3.05, 3.63) is 84.4 Å². The second-order valence-corrected chi connectivity index (χ2v) is 9.00. The van der Waals surface area contributed by atoms with E-state index in [1.807, 2.05) is 83.4 Å². The average Bonchev–Trinajstić information content (AvgIpc) is 3.16. The number of amides is 2. The molecule has 0 radical (unpaired) electrons. The number of nitrogens with zero attached hydrogens (tertiary/aromatic N) is 1. The molecule has 0 bridgehead atoms. The van der Waals surface area contributed by atoms with Crippen LogP contribution >= 0.6 is 0 Å². The summed E-state index contributed by atoms with van der Waals surface area (Å²) in [4.78, 5) is 38.0. The highest BCUT2D eigenvalue weighted by Gasteiger charge is 2.29. The van der Waals surface area contributed by atoms with Crippen LogP contribution in [0.1, 0.15) is 19.4 Å². The molecule has 0 saturated carbocycles. The number of carbonyl (C=O) groups is 3. The fourth-order valence-electron chi connectivity index (χ4n) is 4.38. The van der Waals surface area contributed by atoms with Crippen LogP contribution in [-0.2, 0) is 27.3 Å². The maximum atomic E-state index is 13.2. The molecule has 0 fully saturated rings. The van der Waals surface area contributed by atoms with E-state index >= 15 is 0 Å². The van der Waals surface area contributed by atoms with E-state index in [1.165, 1.54) is 0 Å². The first-order valence-corrected chi connectivity index (χ1v) is 11.7. The summed E-state index contributed by atoms with van der Waals surface area (Å²) in [6.07, 6.45) is 0.246. The van der Waals surface area contributed by atoms with E-state index in [9.17, 15) is 19.5 Å². The van der Waals surface area contributed by atoms with Gasteiger partial charge in [-0.1, -0.05) is 80.6 Å². The fraction of sp³-hybridized carbons (Fsp3) is 0.250. The number of rotatable bonds is 9. The lowest BCUT2D eigenvalue weighted by Crippen LogP contribution is -2.54. The third kappa shape index (κ3) is 5.35. The van der Waals surface area contributed by atoms with Gasteiger partial charge in [-0.25, -0.2) is 4.79 Å². The molecule has 0 unspecified atom stereocenters. The highest BCUT2D eigenvalue weighted by atomic mass is 16.4. The van der Waals surface area contributed by atoms with E-state index in [4.69, 9.17) is 0 Å². The zero-order chi connectivity index (χ0) is 24.9. The lowest BCUT2D eigenvalue weighted by Gasteiger charge is -2.23. The molecule has 1 aromatic heterocycles. The Hall–Kier alpha value is -4.13. The van der Waals surface area contributed by atoms with Crippen LogP contribution in [0.2, 0.25) is 0 Å². The number of hydrogen-bond donors (Lipinski definition) is 3. The molecule has 7 nitrogen and oxygen atoms in total. The third-order valence-electron chi connectivity index (χ3n) is 6.15. The summed E-state index contributed by atoms with van der Waals surface area (Å²) < 4.78 is 1.94. The van der Waals surface area contributed by atoms with Gasteiger partial charge in [0.05, 0.1) is 0 Å². The number of fused-ring (bicyclic) bond motifs is 3. The minimum absolute atomic E-state index is 0.0269. The minimum Gasteiger partial charge on any atom is -0.480 e. The van der Waals surface area contributed by atoms with Gasteiger partial charge >= 0.3 is 5.97 Å². The quantitative estimate of drug-likeness (QED) is 0.346. The second-order valence-electron chi connectivity index (χ2n) is 9.00. The first-order chi connectivity index (χ1) is 16.8. The van der Waals surface area contributed by atoms with Crippen molar-refractivity contribution in [2.45, 2.75) is 38.9 Å². The van der Waals surface area contributed by atoms with Crippen LogP contribution in [0.25, 0.3) is 21.8 Å². The van der Waals surface area contributed by atoms with E-state index in [0.717, 1.165) is 27.4 Å². The normalized spacial score (nSPS) is 13.0. The zero-order valence-corrected chi connectivity index (χ0v) is 19.8. The molecule has 1 heterocycles. The van der Waals surface area contributed by atoms with Gasteiger partial charge in [0.15, 0.2) is 0 Å². The first kappa shape index (κ1) is 24.0. The topological polar surface area (TPSA) is 100 Å². The molecule has 0 aliphatic heterocycles. The second kappa shape index (κ2) is 10.4. The standard InChI is InChI=1S/C28H29N3O4/c1-18(2)26(28(34)35)30-27(33)22(16-19-10-4-3-5-11-19)29-25(32)17-31-23-14-8-6-12-20(23)21-13-7-9-15-24(21)31/h3-15,18,22,26H,16-17H2,1-2H3,(H,29,32)(H,30,33)(H,34,35)/t22-,26-/m0/s1. The lowest BCUT2D eigenvalue weighted by atomic mass is 10.0. The Balaban J connectivity index is 1.60. The van der Waals surface area contributed by atoms with Crippen molar-refractivity contribution in [3.8, 4) is 0 Å². The summed E-state index contributed by atoms with van der Waals surface area (Å²) in [5.41, 5.74) is 2.72. The monoisotopic (exact) mass is 471 g/mol. The van der Waals surface area contributed by atoms with Crippen molar-refractivity contribution >= 4 is 39.6 Å². The van der Waals surface area contributed by atoms with E-state index < -0.39 is 24.0 Å². The van der Waals surface area contributed by atoms with E-state index in [1.54, 1.807) is 13.8 Å². The number of carbonyl (C=O) groups excluding carboxylic acids is 2. The maximum Gasteiger partial charge on any atom is 0.326 e. The van der Waals surface area contributed by atoms with Crippen LogP contribution < -0.4 is 10.6 Å². The molecule has 4 rings (SSSR count). The van der Waals surface area contributed by atoms with Crippen molar-refractivity contribution in [2.24, 2.45) is 5.92 Å². The molecule has 3 aromatic carbocycles. The molecule has 0 saturated heterocycles. The summed E-state index contributed by atoms with van der Waals surface area (Å²) in [5.74, 6) is -2.26. The predicted octanol–water partition coefficient (Wildman–Crippen LogP) is 3.75. The van der Waals surface area contributed by atoms with Gasteiger partial charge in [-0.05, 0) is 23.6 Å². The van der Waals surface area contributed by atoms with E-state index in [0.29, 0.717) is 0 Å². The van der Waals surface area contributed by atoms with Crippen molar-refractivity contribution in [1.82, 2.24) is 15.2 Å². The molecule has 35 heavy (non-hydrogen) atoms. The minimum atomic E-state index is -1.11. The van der Waals surface area contributed by atoms with Crippen molar-refractivity contribution in [3.63, 3.8) is 0 Å². The Kier molecular flexibility index (Phi) is 7.15. The SMILES string of the molecule is CC(C)[C@H](NC(=O)[C@H](Cc1ccccc1)NC(=O)Cn1c2ccccc2c2ccccc21)C(=O)O. The molecule has 0 aliphatic rings. The van der Waals surface area contributed by atoms with Crippen molar-refractivity contribution in [2.75, 3.05) is 0 Å². The van der Waals surface area contributed by atoms with Gasteiger partial charge in [-0.15, -0.1) is 0 Å². The van der Waals surface area contributed by atoms with Gasteiger partial charge < -0.3 is 20.3 Å². The molecule has 3 N–H and O–H groups in total. The number of aliphatic carboxylic acids is 1. The van der Waals surface area contributed by atoms with Crippen LogP contribution in [0.15, 0.2) is 78.9 Å². The smallest absolute Gasteiger partial charge is 0.326 e. The number of carboxylic acids is 1.